The molecule has 108 valence electrons. The maximum Gasteiger partial charge on any atom is 0.267 e. The van der Waals surface area contributed by atoms with Crippen LogP contribution in [0.25, 0.3) is 0 Å². The van der Waals surface area contributed by atoms with E-state index in [0.717, 1.165) is 12.8 Å². The zero-order chi connectivity index (χ0) is 14.2. The summed E-state index contributed by atoms with van der Waals surface area (Å²) in [6, 6.07) is 7.32. The molecule has 1 N–H and O–H groups in total. The first-order valence-corrected chi connectivity index (χ1v) is 7.01. The fraction of sp³-hybridized carbons (Fsp3) is 0.533. The van der Waals surface area contributed by atoms with Crippen molar-refractivity contribution in [1.82, 2.24) is 4.90 Å². The van der Waals surface area contributed by atoms with E-state index in [2.05, 4.69) is 0 Å². The van der Waals surface area contributed by atoms with Crippen molar-refractivity contribution in [3.63, 3.8) is 0 Å². The highest BCUT2D eigenvalue weighted by molar-refractivity contribution is 5.83. The van der Waals surface area contributed by atoms with Crippen LogP contribution in [-0.2, 0) is 4.79 Å². The van der Waals surface area contributed by atoms with Gasteiger partial charge in [0.1, 0.15) is 6.61 Å². The van der Waals surface area contributed by atoms with Crippen LogP contribution in [0, 0.1) is 0 Å². The molecule has 1 aromatic rings. The molecule has 5 heteroatoms. The number of nitrogens with zero attached hydrogens (tertiary/aromatic N) is 1. The highest BCUT2D eigenvalue weighted by Gasteiger charge is 2.45. The van der Waals surface area contributed by atoms with Gasteiger partial charge < -0.3 is 19.5 Å². The Labute approximate surface area is 118 Å². The van der Waals surface area contributed by atoms with E-state index < -0.39 is 11.7 Å². The molecular formula is C15H19NO4. The first-order valence-electron chi connectivity index (χ1n) is 7.01. The smallest absolute Gasteiger partial charge is 0.267 e. The molecule has 5 nitrogen and oxygen atoms in total. The molecule has 0 aliphatic carbocycles. The summed E-state index contributed by atoms with van der Waals surface area (Å²) in [4.78, 5) is 13.9. The van der Waals surface area contributed by atoms with Crippen molar-refractivity contribution in [3.8, 4) is 11.5 Å². The van der Waals surface area contributed by atoms with Crippen LogP contribution in [-0.4, -0.2) is 47.3 Å². The van der Waals surface area contributed by atoms with Gasteiger partial charge in [0.25, 0.3) is 5.91 Å². The average Bonchev–Trinajstić information content (AvgIpc) is 2.43. The molecule has 1 saturated heterocycles. The Kier molecular flexibility index (Phi) is 3.30. The largest absolute Gasteiger partial charge is 0.485 e. The van der Waals surface area contributed by atoms with Crippen molar-refractivity contribution in [3.05, 3.63) is 24.3 Å². The minimum atomic E-state index is -0.710. The Morgan fingerprint density at radius 2 is 2.10 bits per heavy atom. The monoisotopic (exact) mass is 277 g/mol. The van der Waals surface area contributed by atoms with E-state index >= 15 is 0 Å². The number of hydrogen-bond acceptors (Lipinski definition) is 4. The topological polar surface area (TPSA) is 59.0 Å². The molecule has 3 rings (SSSR count). The SMILES string of the molecule is CCCC1(O)CN(C(=O)C2COc3ccccc3O2)C1. The van der Waals surface area contributed by atoms with Gasteiger partial charge in [-0.1, -0.05) is 25.5 Å². The fourth-order valence-corrected chi connectivity index (χ4v) is 2.79. The molecule has 1 amide bonds. The molecular weight excluding hydrogens is 258 g/mol. The maximum atomic E-state index is 12.3. The van der Waals surface area contributed by atoms with Crippen molar-refractivity contribution in [2.45, 2.75) is 31.5 Å². The molecule has 0 bridgehead atoms. The molecule has 1 unspecified atom stereocenters. The van der Waals surface area contributed by atoms with Gasteiger partial charge in [-0.3, -0.25) is 4.79 Å². The van der Waals surface area contributed by atoms with Crippen LogP contribution in [0.1, 0.15) is 19.8 Å². The first kappa shape index (κ1) is 13.2. The minimum absolute atomic E-state index is 0.111. The van der Waals surface area contributed by atoms with E-state index in [-0.39, 0.29) is 12.5 Å². The summed E-state index contributed by atoms with van der Waals surface area (Å²) in [5, 5.41) is 10.1. The lowest BCUT2D eigenvalue weighted by molar-refractivity contribution is -0.165. The van der Waals surface area contributed by atoms with Crippen LogP contribution in [0.3, 0.4) is 0 Å². The molecule has 0 radical (unpaired) electrons. The Bertz CT molecular complexity index is 510. The third kappa shape index (κ3) is 2.33. The van der Waals surface area contributed by atoms with Gasteiger partial charge in [-0.15, -0.1) is 0 Å². The number of rotatable bonds is 3. The Morgan fingerprint density at radius 1 is 1.40 bits per heavy atom. The molecule has 2 aliphatic heterocycles. The lowest BCUT2D eigenvalue weighted by atomic mass is 9.89. The Morgan fingerprint density at radius 3 is 2.80 bits per heavy atom. The van der Waals surface area contributed by atoms with Crippen LogP contribution in [0.5, 0.6) is 11.5 Å². The van der Waals surface area contributed by atoms with Crippen molar-refractivity contribution < 1.29 is 19.4 Å². The second kappa shape index (κ2) is 4.98. The van der Waals surface area contributed by atoms with E-state index in [1.165, 1.54) is 0 Å². The number of carbonyl (C=O) groups is 1. The van der Waals surface area contributed by atoms with Gasteiger partial charge in [-0.25, -0.2) is 0 Å². The molecule has 1 atom stereocenters. The van der Waals surface area contributed by atoms with Crippen molar-refractivity contribution in [2.75, 3.05) is 19.7 Å². The van der Waals surface area contributed by atoms with Gasteiger partial charge in [0.2, 0.25) is 6.10 Å². The van der Waals surface area contributed by atoms with Crippen LogP contribution < -0.4 is 9.47 Å². The predicted octanol–water partition coefficient (Wildman–Crippen LogP) is 1.20. The van der Waals surface area contributed by atoms with E-state index in [0.29, 0.717) is 24.6 Å². The summed E-state index contributed by atoms with van der Waals surface area (Å²) in [5.41, 5.74) is -0.710. The molecule has 1 fully saturated rings. The highest BCUT2D eigenvalue weighted by atomic mass is 16.6. The molecule has 2 heterocycles. The predicted molar refractivity (Wildman–Crippen MR) is 72.8 cm³/mol. The van der Waals surface area contributed by atoms with E-state index in [1.807, 2.05) is 25.1 Å². The van der Waals surface area contributed by atoms with E-state index in [9.17, 15) is 9.90 Å². The third-order valence-electron chi connectivity index (χ3n) is 3.78. The van der Waals surface area contributed by atoms with Gasteiger partial charge in [0, 0.05) is 0 Å². The van der Waals surface area contributed by atoms with Crippen molar-refractivity contribution in [1.29, 1.82) is 0 Å². The van der Waals surface area contributed by atoms with Crippen LogP contribution >= 0.6 is 0 Å². The normalized spacial score (nSPS) is 23.1. The lowest BCUT2D eigenvalue weighted by Crippen LogP contribution is -2.66. The Hall–Kier alpha value is -1.75. The quantitative estimate of drug-likeness (QED) is 0.902. The summed E-state index contributed by atoms with van der Waals surface area (Å²) in [6.07, 6.45) is 1.02. The van der Waals surface area contributed by atoms with Gasteiger partial charge in [0.15, 0.2) is 11.5 Å². The van der Waals surface area contributed by atoms with Crippen molar-refractivity contribution >= 4 is 5.91 Å². The fourth-order valence-electron chi connectivity index (χ4n) is 2.79. The number of amides is 1. The number of likely N-dealkylation sites (tertiary alicyclic amines) is 1. The van der Waals surface area contributed by atoms with Crippen LogP contribution in [0.15, 0.2) is 24.3 Å². The number of para-hydroxylation sites is 2. The molecule has 0 aromatic heterocycles. The molecule has 1 aromatic carbocycles. The number of fused-ring (bicyclic) bond motifs is 1. The van der Waals surface area contributed by atoms with Gasteiger partial charge in [0.05, 0.1) is 18.7 Å². The van der Waals surface area contributed by atoms with Gasteiger partial charge in [-0.2, -0.15) is 0 Å². The standard InChI is InChI=1S/C15H19NO4/c1-2-7-15(18)9-16(10-15)14(17)13-8-19-11-5-3-4-6-12(11)20-13/h3-6,13,18H,2,7-10H2,1H3. The lowest BCUT2D eigenvalue weighted by Gasteiger charge is -2.47. The van der Waals surface area contributed by atoms with E-state index in [1.54, 1.807) is 11.0 Å². The summed E-state index contributed by atoms with van der Waals surface area (Å²) in [6.45, 7) is 3.03. The highest BCUT2D eigenvalue weighted by Crippen LogP contribution is 2.33. The average molecular weight is 277 g/mol. The zero-order valence-corrected chi connectivity index (χ0v) is 11.5. The zero-order valence-electron chi connectivity index (χ0n) is 11.5. The second-order valence-electron chi connectivity index (χ2n) is 5.53. The summed E-state index contributed by atoms with van der Waals surface area (Å²) < 4.78 is 11.2. The first-order chi connectivity index (χ1) is 9.61. The van der Waals surface area contributed by atoms with E-state index in [4.69, 9.17) is 9.47 Å². The second-order valence-corrected chi connectivity index (χ2v) is 5.53. The third-order valence-corrected chi connectivity index (χ3v) is 3.78. The maximum absolute atomic E-state index is 12.3. The number of carbonyl (C=O) groups excluding carboxylic acids is 1. The summed E-state index contributed by atoms with van der Waals surface area (Å²) >= 11 is 0. The van der Waals surface area contributed by atoms with Crippen molar-refractivity contribution in [2.24, 2.45) is 0 Å². The number of aliphatic hydroxyl groups is 1. The minimum Gasteiger partial charge on any atom is -0.485 e. The number of ether oxygens (including phenoxy) is 2. The van der Waals surface area contributed by atoms with Crippen LogP contribution in [0.2, 0.25) is 0 Å². The molecule has 0 saturated carbocycles. The van der Waals surface area contributed by atoms with Crippen LogP contribution in [0.4, 0.5) is 0 Å². The molecule has 20 heavy (non-hydrogen) atoms. The Balaban J connectivity index is 1.61. The molecule has 2 aliphatic rings. The number of benzene rings is 1. The van der Waals surface area contributed by atoms with Gasteiger partial charge >= 0.3 is 0 Å². The molecule has 0 spiro atoms. The van der Waals surface area contributed by atoms with Gasteiger partial charge in [-0.05, 0) is 18.6 Å². The summed E-state index contributed by atoms with van der Waals surface area (Å²) in [5.74, 6) is 1.16. The number of hydrogen-bond donors (Lipinski definition) is 1. The number of β-amino-alcohol motifs (C(OH)–C–C–N with tert-alkyl or cyclic N) is 1. The summed E-state index contributed by atoms with van der Waals surface area (Å²) in [7, 11) is 0.